The van der Waals surface area contributed by atoms with Gasteiger partial charge < -0.3 is 9.47 Å². The summed E-state index contributed by atoms with van der Waals surface area (Å²) in [5.74, 6) is 2.23. The molecule has 2 aliphatic heterocycles. The molecule has 1 amide bonds. The van der Waals surface area contributed by atoms with Gasteiger partial charge in [0, 0.05) is 17.5 Å². The fourth-order valence-corrected chi connectivity index (χ4v) is 4.78. The maximum Gasteiger partial charge on any atom is 0.257 e. The van der Waals surface area contributed by atoms with E-state index in [1.165, 1.54) is 5.56 Å². The Morgan fingerprint density at radius 3 is 2.52 bits per heavy atom. The number of carbonyl (C=O) groups is 1. The number of hydrogen-bond acceptors (Lipinski definition) is 5. The molecule has 0 saturated carbocycles. The fraction of sp³-hybridized carbons (Fsp3) is 0.481. The first kappa shape index (κ1) is 23.3. The van der Waals surface area contributed by atoms with Gasteiger partial charge >= 0.3 is 0 Å². The lowest BCUT2D eigenvalue weighted by Gasteiger charge is -2.31. The number of carbonyl (C=O) groups excluding carboxylic acids is 1. The Bertz CT molecular complexity index is 1040. The van der Waals surface area contributed by atoms with Crippen molar-refractivity contribution in [3.05, 3.63) is 58.7 Å². The normalized spacial score (nSPS) is 19.5. The maximum absolute atomic E-state index is 13.6. The van der Waals surface area contributed by atoms with E-state index >= 15 is 0 Å². The third kappa shape index (κ3) is 5.06. The van der Waals surface area contributed by atoms with Crippen molar-refractivity contribution >= 4 is 11.6 Å². The van der Waals surface area contributed by atoms with Gasteiger partial charge in [-0.25, -0.2) is 5.01 Å². The van der Waals surface area contributed by atoms with Crippen molar-refractivity contribution in [1.82, 2.24) is 9.91 Å². The van der Waals surface area contributed by atoms with Crippen molar-refractivity contribution in [3.8, 4) is 11.5 Å². The van der Waals surface area contributed by atoms with E-state index in [2.05, 4.69) is 43.9 Å². The van der Waals surface area contributed by atoms with Gasteiger partial charge in [-0.2, -0.15) is 5.10 Å². The van der Waals surface area contributed by atoms with Crippen LogP contribution in [-0.4, -0.2) is 55.4 Å². The molecule has 2 aliphatic rings. The molecule has 0 aliphatic carbocycles. The summed E-state index contributed by atoms with van der Waals surface area (Å²) < 4.78 is 11.2. The lowest BCUT2D eigenvalue weighted by molar-refractivity contribution is -0.134. The van der Waals surface area contributed by atoms with Crippen LogP contribution >= 0.6 is 0 Å². The van der Waals surface area contributed by atoms with Gasteiger partial charge in [-0.3, -0.25) is 9.69 Å². The van der Waals surface area contributed by atoms with Crippen LogP contribution in [-0.2, 0) is 4.79 Å². The number of ether oxygens (including phenoxy) is 2. The van der Waals surface area contributed by atoms with Crippen LogP contribution < -0.4 is 9.47 Å². The molecule has 1 atom stereocenters. The standard InChI is InChI=1S/C27H35N3O3/c1-18-10-12-29(13-11-18)17-27(31)30-25(23-15-21(32-4)8-9-26(23)33-5)16-24(28-30)22-14-19(2)6-7-20(22)3/h6-9,14-15,18,25H,10-13,16-17H2,1-5H3/t25-/m1/s1. The van der Waals surface area contributed by atoms with Crippen LogP contribution in [0.2, 0.25) is 0 Å². The van der Waals surface area contributed by atoms with Gasteiger partial charge in [0.15, 0.2) is 0 Å². The van der Waals surface area contributed by atoms with Crippen LogP contribution in [0.4, 0.5) is 0 Å². The zero-order valence-electron chi connectivity index (χ0n) is 20.4. The Kier molecular flexibility index (Phi) is 7.03. The molecule has 2 heterocycles. The molecule has 2 aromatic carbocycles. The van der Waals surface area contributed by atoms with Gasteiger partial charge in [0.25, 0.3) is 5.91 Å². The van der Waals surface area contributed by atoms with Crippen molar-refractivity contribution < 1.29 is 14.3 Å². The molecular formula is C27H35N3O3. The molecule has 1 fully saturated rings. The number of rotatable bonds is 6. The highest BCUT2D eigenvalue weighted by molar-refractivity contribution is 6.04. The monoisotopic (exact) mass is 449 g/mol. The molecule has 0 aromatic heterocycles. The van der Waals surface area contributed by atoms with Crippen molar-refractivity contribution in [2.45, 2.75) is 46.1 Å². The number of benzene rings is 2. The van der Waals surface area contributed by atoms with Gasteiger partial charge in [-0.05, 0) is 75.5 Å². The number of hydrazone groups is 1. The molecule has 0 unspecified atom stereocenters. The molecule has 4 rings (SSSR count). The highest BCUT2D eigenvalue weighted by Gasteiger charge is 2.36. The number of nitrogens with zero attached hydrogens (tertiary/aromatic N) is 3. The minimum atomic E-state index is -0.235. The summed E-state index contributed by atoms with van der Waals surface area (Å²) in [4.78, 5) is 15.8. The lowest BCUT2D eigenvalue weighted by atomic mass is 9.94. The lowest BCUT2D eigenvalue weighted by Crippen LogP contribution is -2.41. The van der Waals surface area contributed by atoms with Gasteiger partial charge in [-0.1, -0.05) is 24.6 Å². The summed E-state index contributed by atoms with van der Waals surface area (Å²) in [5, 5.41) is 6.59. The molecule has 2 aromatic rings. The van der Waals surface area contributed by atoms with Crippen LogP contribution in [0.5, 0.6) is 11.5 Å². The summed E-state index contributed by atoms with van der Waals surface area (Å²) >= 11 is 0. The topological polar surface area (TPSA) is 54.4 Å². The first-order valence-electron chi connectivity index (χ1n) is 11.8. The highest BCUT2D eigenvalue weighted by Crippen LogP contribution is 2.40. The molecule has 6 nitrogen and oxygen atoms in total. The smallest absolute Gasteiger partial charge is 0.257 e. The van der Waals surface area contributed by atoms with E-state index in [1.807, 2.05) is 18.2 Å². The van der Waals surface area contributed by atoms with Crippen LogP contribution in [0, 0.1) is 19.8 Å². The van der Waals surface area contributed by atoms with Gasteiger partial charge in [-0.15, -0.1) is 0 Å². The average molecular weight is 450 g/mol. The van der Waals surface area contributed by atoms with E-state index in [1.54, 1.807) is 19.2 Å². The number of hydrogen-bond donors (Lipinski definition) is 0. The second kappa shape index (κ2) is 9.96. The van der Waals surface area contributed by atoms with E-state index in [4.69, 9.17) is 14.6 Å². The second-order valence-electron chi connectivity index (χ2n) is 9.39. The summed E-state index contributed by atoms with van der Waals surface area (Å²) in [5.41, 5.74) is 5.30. The first-order chi connectivity index (χ1) is 15.9. The summed E-state index contributed by atoms with van der Waals surface area (Å²) in [6, 6.07) is 11.9. The zero-order chi connectivity index (χ0) is 23.5. The minimum absolute atomic E-state index is 0.0275. The Labute approximate surface area is 197 Å². The minimum Gasteiger partial charge on any atom is -0.497 e. The Morgan fingerprint density at radius 2 is 1.82 bits per heavy atom. The van der Waals surface area contributed by atoms with Gasteiger partial charge in [0.2, 0.25) is 0 Å². The highest BCUT2D eigenvalue weighted by atomic mass is 16.5. The van der Waals surface area contributed by atoms with Crippen molar-refractivity contribution in [1.29, 1.82) is 0 Å². The van der Waals surface area contributed by atoms with E-state index in [0.717, 1.165) is 65.8 Å². The number of methoxy groups -OCH3 is 2. The molecule has 176 valence electrons. The zero-order valence-corrected chi connectivity index (χ0v) is 20.4. The molecule has 33 heavy (non-hydrogen) atoms. The number of piperidine rings is 1. The fourth-order valence-electron chi connectivity index (χ4n) is 4.78. The van der Waals surface area contributed by atoms with Crippen LogP contribution in [0.3, 0.4) is 0 Å². The summed E-state index contributed by atoms with van der Waals surface area (Å²) in [7, 11) is 3.31. The van der Waals surface area contributed by atoms with E-state index < -0.39 is 0 Å². The van der Waals surface area contributed by atoms with Gasteiger partial charge in [0.05, 0.1) is 32.5 Å². The van der Waals surface area contributed by atoms with Crippen molar-refractivity contribution in [2.24, 2.45) is 11.0 Å². The predicted molar refractivity (Wildman–Crippen MR) is 131 cm³/mol. The van der Waals surface area contributed by atoms with E-state index in [-0.39, 0.29) is 11.9 Å². The van der Waals surface area contributed by atoms with Crippen molar-refractivity contribution in [2.75, 3.05) is 33.9 Å². The van der Waals surface area contributed by atoms with E-state index in [0.29, 0.717) is 13.0 Å². The molecular weight excluding hydrogens is 414 g/mol. The number of amides is 1. The molecule has 0 spiro atoms. The quantitative estimate of drug-likeness (QED) is 0.640. The van der Waals surface area contributed by atoms with Crippen LogP contribution in [0.1, 0.15) is 54.5 Å². The second-order valence-corrected chi connectivity index (χ2v) is 9.39. The molecule has 0 radical (unpaired) electrons. The Balaban J connectivity index is 1.69. The summed E-state index contributed by atoms with van der Waals surface area (Å²) in [6.45, 7) is 8.77. The number of likely N-dealkylation sites (tertiary alicyclic amines) is 1. The molecule has 6 heteroatoms. The Hall–Kier alpha value is -2.86. The predicted octanol–water partition coefficient (Wildman–Crippen LogP) is 4.73. The maximum atomic E-state index is 13.6. The molecule has 1 saturated heterocycles. The third-order valence-electron chi connectivity index (χ3n) is 6.90. The Morgan fingerprint density at radius 1 is 1.06 bits per heavy atom. The van der Waals surface area contributed by atoms with Crippen molar-refractivity contribution in [3.63, 3.8) is 0 Å². The van der Waals surface area contributed by atoms with Gasteiger partial charge in [0.1, 0.15) is 11.5 Å². The average Bonchev–Trinajstić information content (AvgIpc) is 3.27. The molecule has 0 N–H and O–H groups in total. The SMILES string of the molecule is COc1ccc(OC)c([C@H]2CC(c3cc(C)ccc3C)=NN2C(=O)CN2CCC(C)CC2)c1. The first-order valence-corrected chi connectivity index (χ1v) is 11.8. The largest absolute Gasteiger partial charge is 0.497 e. The van der Waals surface area contributed by atoms with E-state index in [9.17, 15) is 4.79 Å². The molecule has 0 bridgehead atoms. The number of aryl methyl sites for hydroxylation is 2. The van der Waals surface area contributed by atoms with Crippen LogP contribution in [0.25, 0.3) is 0 Å². The summed E-state index contributed by atoms with van der Waals surface area (Å²) in [6.07, 6.45) is 2.91. The van der Waals surface area contributed by atoms with Crippen LogP contribution in [0.15, 0.2) is 41.5 Å². The third-order valence-corrected chi connectivity index (χ3v) is 6.90.